The maximum Gasteiger partial charge on any atom is 0.246 e. The van der Waals surface area contributed by atoms with Gasteiger partial charge in [0.1, 0.15) is 11.8 Å². The van der Waals surface area contributed by atoms with Gasteiger partial charge in [0, 0.05) is 11.4 Å². The van der Waals surface area contributed by atoms with Gasteiger partial charge in [0.15, 0.2) is 0 Å². The summed E-state index contributed by atoms with van der Waals surface area (Å²) in [6.45, 7) is 6.08. The Hall–Kier alpha value is -2.20. The largest absolute Gasteiger partial charge is 0.495 e. The van der Waals surface area contributed by atoms with Gasteiger partial charge in [-0.05, 0) is 48.7 Å². The predicted octanol–water partition coefficient (Wildman–Crippen LogP) is 4.91. The highest BCUT2D eigenvalue weighted by Crippen LogP contribution is 2.27. The van der Waals surface area contributed by atoms with Crippen molar-refractivity contribution in [3.63, 3.8) is 0 Å². The average Bonchev–Trinajstić information content (AvgIpc) is 2.55. The molecule has 0 aliphatic carbocycles. The van der Waals surface area contributed by atoms with Crippen LogP contribution in [-0.4, -0.2) is 19.1 Å². The normalized spacial score (nSPS) is 11.9. The highest BCUT2D eigenvalue weighted by molar-refractivity contribution is 6.32. The van der Waals surface area contributed by atoms with Gasteiger partial charge < -0.3 is 15.4 Å². The number of hydrogen-bond acceptors (Lipinski definition) is 3. The van der Waals surface area contributed by atoms with Crippen LogP contribution in [-0.2, 0) is 4.79 Å². The van der Waals surface area contributed by atoms with Gasteiger partial charge in [0.2, 0.25) is 5.91 Å². The van der Waals surface area contributed by atoms with Crippen molar-refractivity contribution in [3.05, 3.63) is 53.1 Å². The first-order chi connectivity index (χ1) is 11.4. The number of hydrogen-bond donors (Lipinski definition) is 2. The molecule has 128 valence electrons. The fourth-order valence-electron chi connectivity index (χ4n) is 2.27. The minimum Gasteiger partial charge on any atom is -0.495 e. The van der Waals surface area contributed by atoms with Gasteiger partial charge in [-0.3, -0.25) is 4.79 Å². The lowest BCUT2D eigenvalue weighted by atomic mass is 10.0. The van der Waals surface area contributed by atoms with E-state index in [1.165, 1.54) is 5.56 Å². The van der Waals surface area contributed by atoms with Crippen LogP contribution in [0.15, 0.2) is 42.5 Å². The molecule has 5 heteroatoms. The van der Waals surface area contributed by atoms with Gasteiger partial charge in [0.25, 0.3) is 0 Å². The molecule has 0 spiro atoms. The summed E-state index contributed by atoms with van der Waals surface area (Å²) in [4.78, 5) is 12.3. The Kier molecular flexibility index (Phi) is 6.10. The smallest absolute Gasteiger partial charge is 0.246 e. The molecule has 0 saturated heterocycles. The third kappa shape index (κ3) is 4.65. The van der Waals surface area contributed by atoms with E-state index in [4.69, 9.17) is 16.3 Å². The number of benzene rings is 2. The molecule has 1 amide bonds. The average molecular weight is 347 g/mol. The lowest BCUT2D eigenvalue weighted by molar-refractivity contribution is -0.116. The quantitative estimate of drug-likeness (QED) is 0.781. The Morgan fingerprint density at radius 1 is 1.04 bits per heavy atom. The summed E-state index contributed by atoms with van der Waals surface area (Å²) in [5, 5.41) is 6.54. The van der Waals surface area contributed by atoms with Crippen molar-refractivity contribution < 1.29 is 9.53 Å². The van der Waals surface area contributed by atoms with Crippen molar-refractivity contribution in [1.29, 1.82) is 0 Å². The molecule has 0 heterocycles. The van der Waals surface area contributed by atoms with Crippen molar-refractivity contribution in [1.82, 2.24) is 0 Å². The first-order valence-electron chi connectivity index (χ1n) is 7.91. The van der Waals surface area contributed by atoms with E-state index in [0.29, 0.717) is 16.7 Å². The molecule has 1 atom stereocenters. The maximum absolute atomic E-state index is 12.3. The number of methoxy groups -OCH3 is 1. The standard InChI is InChI=1S/C19H23ClN2O2/c1-12(2)14-5-7-15(8-6-14)22-19(23)13(3)21-16-9-10-18(24-4)17(20)11-16/h5-13,21H,1-4H3,(H,22,23)/t13-/m1/s1. The van der Waals surface area contributed by atoms with Gasteiger partial charge in [-0.15, -0.1) is 0 Å². The highest BCUT2D eigenvalue weighted by Gasteiger charge is 2.14. The molecule has 2 N–H and O–H groups in total. The van der Waals surface area contributed by atoms with Crippen LogP contribution in [0.4, 0.5) is 11.4 Å². The van der Waals surface area contributed by atoms with Crippen LogP contribution in [0.3, 0.4) is 0 Å². The minimum atomic E-state index is -0.403. The zero-order chi connectivity index (χ0) is 17.7. The van der Waals surface area contributed by atoms with Gasteiger partial charge in [-0.2, -0.15) is 0 Å². The first kappa shape index (κ1) is 18.1. The summed E-state index contributed by atoms with van der Waals surface area (Å²) in [6.07, 6.45) is 0. The highest BCUT2D eigenvalue weighted by atomic mass is 35.5. The number of amides is 1. The lowest BCUT2D eigenvalue weighted by Crippen LogP contribution is -2.31. The third-order valence-corrected chi connectivity index (χ3v) is 4.07. The summed E-state index contributed by atoms with van der Waals surface area (Å²) >= 11 is 6.10. The van der Waals surface area contributed by atoms with Crippen LogP contribution in [0.5, 0.6) is 5.75 Å². The second kappa shape index (κ2) is 8.06. The molecule has 0 aromatic heterocycles. The second-order valence-corrected chi connectivity index (χ2v) is 6.39. The number of ether oxygens (including phenoxy) is 1. The summed E-state index contributed by atoms with van der Waals surface area (Å²) < 4.78 is 5.12. The van der Waals surface area contributed by atoms with E-state index in [1.807, 2.05) is 30.3 Å². The Labute approximate surface area is 148 Å². The molecule has 2 aromatic rings. The number of anilines is 2. The first-order valence-corrected chi connectivity index (χ1v) is 8.29. The zero-order valence-electron chi connectivity index (χ0n) is 14.4. The van der Waals surface area contributed by atoms with E-state index in [9.17, 15) is 4.79 Å². The van der Waals surface area contributed by atoms with E-state index in [2.05, 4.69) is 24.5 Å². The van der Waals surface area contributed by atoms with Crippen LogP contribution in [0.1, 0.15) is 32.3 Å². The van der Waals surface area contributed by atoms with Gasteiger partial charge in [-0.25, -0.2) is 0 Å². The van der Waals surface area contributed by atoms with Crippen LogP contribution in [0.2, 0.25) is 5.02 Å². The summed E-state index contributed by atoms with van der Waals surface area (Å²) in [6, 6.07) is 12.8. The van der Waals surface area contributed by atoms with Gasteiger partial charge in [0.05, 0.1) is 12.1 Å². The van der Waals surface area contributed by atoms with E-state index in [-0.39, 0.29) is 5.91 Å². The van der Waals surface area contributed by atoms with E-state index in [0.717, 1.165) is 11.4 Å². The summed E-state index contributed by atoms with van der Waals surface area (Å²) in [5.41, 5.74) is 2.79. The van der Waals surface area contributed by atoms with Crippen LogP contribution in [0.25, 0.3) is 0 Å². The number of halogens is 1. The zero-order valence-corrected chi connectivity index (χ0v) is 15.1. The minimum absolute atomic E-state index is 0.112. The molecule has 0 aliphatic rings. The topological polar surface area (TPSA) is 50.4 Å². The molecule has 0 unspecified atom stereocenters. The number of rotatable bonds is 6. The fraction of sp³-hybridized carbons (Fsp3) is 0.316. The number of carbonyl (C=O) groups excluding carboxylic acids is 1. The number of carbonyl (C=O) groups is 1. The maximum atomic E-state index is 12.3. The monoisotopic (exact) mass is 346 g/mol. The molecule has 4 nitrogen and oxygen atoms in total. The van der Waals surface area contributed by atoms with Crippen LogP contribution < -0.4 is 15.4 Å². The molecule has 2 rings (SSSR count). The molecule has 2 aromatic carbocycles. The predicted molar refractivity (Wildman–Crippen MR) is 100 cm³/mol. The SMILES string of the molecule is COc1ccc(N[C@H](C)C(=O)Nc2ccc(C(C)C)cc2)cc1Cl. The van der Waals surface area contributed by atoms with E-state index >= 15 is 0 Å². The lowest BCUT2D eigenvalue weighted by Gasteiger charge is -2.16. The van der Waals surface area contributed by atoms with Crippen LogP contribution >= 0.6 is 11.6 Å². The molecular weight excluding hydrogens is 324 g/mol. The van der Waals surface area contributed by atoms with Crippen molar-refractivity contribution in [2.24, 2.45) is 0 Å². The van der Waals surface area contributed by atoms with Crippen molar-refractivity contribution in [3.8, 4) is 5.75 Å². The van der Waals surface area contributed by atoms with E-state index in [1.54, 1.807) is 26.2 Å². The Bertz CT molecular complexity index is 699. The second-order valence-electron chi connectivity index (χ2n) is 5.98. The molecule has 0 saturated carbocycles. The Balaban J connectivity index is 1.97. The summed E-state index contributed by atoms with van der Waals surface area (Å²) in [7, 11) is 1.56. The Morgan fingerprint density at radius 2 is 1.67 bits per heavy atom. The third-order valence-electron chi connectivity index (χ3n) is 3.77. The van der Waals surface area contributed by atoms with Crippen molar-refractivity contribution >= 4 is 28.9 Å². The molecule has 0 bridgehead atoms. The molecule has 0 aliphatic heterocycles. The Morgan fingerprint density at radius 3 is 2.21 bits per heavy atom. The van der Waals surface area contributed by atoms with E-state index < -0.39 is 6.04 Å². The van der Waals surface area contributed by atoms with Crippen molar-refractivity contribution in [2.45, 2.75) is 32.7 Å². The van der Waals surface area contributed by atoms with Crippen LogP contribution in [0, 0.1) is 0 Å². The summed E-state index contributed by atoms with van der Waals surface area (Å²) in [5.74, 6) is 0.957. The van der Waals surface area contributed by atoms with Crippen molar-refractivity contribution in [2.75, 3.05) is 17.7 Å². The van der Waals surface area contributed by atoms with Gasteiger partial charge in [-0.1, -0.05) is 37.6 Å². The molecule has 0 fully saturated rings. The van der Waals surface area contributed by atoms with Gasteiger partial charge >= 0.3 is 0 Å². The molecule has 24 heavy (non-hydrogen) atoms. The fourth-order valence-corrected chi connectivity index (χ4v) is 2.53. The molecule has 0 radical (unpaired) electrons. The number of nitrogens with one attached hydrogen (secondary N) is 2. The molecular formula is C19H23ClN2O2.